The minimum Gasteiger partial charge on any atom is -0.508 e. The molecule has 3 nitrogen and oxygen atoms in total. The summed E-state index contributed by atoms with van der Waals surface area (Å²) in [6, 6.07) is 8.83. The normalized spacial score (nSPS) is 18.0. The first kappa shape index (κ1) is 16.1. The first-order valence-corrected chi connectivity index (χ1v) is 7.15. The third-order valence-corrected chi connectivity index (χ3v) is 3.92. The van der Waals surface area contributed by atoms with Crippen molar-refractivity contribution in [1.82, 2.24) is 0 Å². The Labute approximate surface area is 136 Å². The van der Waals surface area contributed by atoms with E-state index < -0.39 is 23.8 Å². The van der Waals surface area contributed by atoms with Gasteiger partial charge in [0, 0.05) is 12.0 Å². The number of phenols is 1. The molecular formula is C18H13F3O3. The van der Waals surface area contributed by atoms with Gasteiger partial charge in [-0.1, -0.05) is 24.3 Å². The second-order valence-corrected chi connectivity index (χ2v) is 5.47. The molecule has 0 fully saturated rings. The van der Waals surface area contributed by atoms with Crippen LogP contribution in [0, 0.1) is 0 Å². The molecule has 0 radical (unpaired) electrons. The van der Waals surface area contributed by atoms with Gasteiger partial charge in [0.1, 0.15) is 11.5 Å². The SMILES string of the molecule is C=CC(c1cccc(C(F)(F)F)c1)C1Oc2cc(O)ccc2C1=O. The lowest BCUT2D eigenvalue weighted by Gasteiger charge is -2.20. The lowest BCUT2D eigenvalue weighted by atomic mass is 9.89. The van der Waals surface area contributed by atoms with Crippen LogP contribution in [0.2, 0.25) is 0 Å². The standard InChI is InChI=1S/C18H13F3O3/c1-2-13(10-4-3-5-11(8-10)18(19,20)21)17-16(23)14-7-6-12(22)9-15(14)24-17/h2-9,13,17,22H,1H2. The summed E-state index contributed by atoms with van der Waals surface area (Å²) in [6.07, 6.45) is -4.09. The summed E-state index contributed by atoms with van der Waals surface area (Å²) in [4.78, 5) is 12.5. The first-order valence-electron chi connectivity index (χ1n) is 7.15. The van der Waals surface area contributed by atoms with Gasteiger partial charge < -0.3 is 9.84 Å². The number of hydrogen-bond acceptors (Lipinski definition) is 3. The van der Waals surface area contributed by atoms with Crippen LogP contribution in [0.5, 0.6) is 11.5 Å². The smallest absolute Gasteiger partial charge is 0.416 e. The molecule has 0 saturated carbocycles. The predicted molar refractivity (Wildman–Crippen MR) is 81.2 cm³/mol. The molecule has 2 aromatic carbocycles. The number of carbonyl (C=O) groups excluding carboxylic acids is 1. The van der Waals surface area contributed by atoms with E-state index in [4.69, 9.17) is 4.74 Å². The largest absolute Gasteiger partial charge is 0.508 e. The van der Waals surface area contributed by atoms with Crippen LogP contribution in [0.4, 0.5) is 13.2 Å². The number of ether oxygens (including phenoxy) is 1. The van der Waals surface area contributed by atoms with Gasteiger partial charge in [0.2, 0.25) is 5.78 Å². The fourth-order valence-electron chi connectivity index (χ4n) is 2.75. The van der Waals surface area contributed by atoms with Crippen molar-refractivity contribution in [3.8, 4) is 11.5 Å². The molecule has 0 amide bonds. The lowest BCUT2D eigenvalue weighted by molar-refractivity contribution is -0.137. The molecule has 0 saturated heterocycles. The van der Waals surface area contributed by atoms with Crippen LogP contribution >= 0.6 is 0 Å². The van der Waals surface area contributed by atoms with Crippen molar-refractivity contribution in [3.63, 3.8) is 0 Å². The van der Waals surface area contributed by atoms with Gasteiger partial charge in [-0.15, -0.1) is 6.58 Å². The zero-order chi connectivity index (χ0) is 17.5. The van der Waals surface area contributed by atoms with E-state index in [1.54, 1.807) is 0 Å². The molecule has 0 spiro atoms. The molecule has 124 valence electrons. The molecule has 1 aliphatic heterocycles. The molecule has 2 aromatic rings. The van der Waals surface area contributed by atoms with Gasteiger partial charge in [-0.3, -0.25) is 4.79 Å². The molecule has 0 aliphatic carbocycles. The zero-order valence-electron chi connectivity index (χ0n) is 12.4. The summed E-state index contributed by atoms with van der Waals surface area (Å²) >= 11 is 0. The van der Waals surface area contributed by atoms with Crippen molar-refractivity contribution in [2.24, 2.45) is 0 Å². The Morgan fingerprint density at radius 3 is 2.62 bits per heavy atom. The number of aromatic hydroxyl groups is 1. The van der Waals surface area contributed by atoms with Crippen molar-refractivity contribution < 1.29 is 27.8 Å². The van der Waals surface area contributed by atoms with Crippen molar-refractivity contribution in [1.29, 1.82) is 0 Å². The van der Waals surface area contributed by atoms with E-state index in [1.807, 2.05) is 0 Å². The van der Waals surface area contributed by atoms with Crippen LogP contribution in [0.25, 0.3) is 0 Å². The van der Waals surface area contributed by atoms with Crippen LogP contribution < -0.4 is 4.74 Å². The van der Waals surface area contributed by atoms with E-state index >= 15 is 0 Å². The molecule has 3 rings (SSSR count). The molecule has 0 bridgehead atoms. The summed E-state index contributed by atoms with van der Waals surface area (Å²) in [6.45, 7) is 3.63. The Bertz CT molecular complexity index is 811. The van der Waals surface area contributed by atoms with Crippen LogP contribution in [0.1, 0.15) is 27.4 Å². The Balaban J connectivity index is 1.97. The maximum Gasteiger partial charge on any atom is 0.416 e. The predicted octanol–water partition coefficient (Wildman–Crippen LogP) is 4.32. The molecule has 1 heterocycles. The maximum atomic E-state index is 12.9. The van der Waals surface area contributed by atoms with Gasteiger partial charge >= 0.3 is 6.18 Å². The second-order valence-electron chi connectivity index (χ2n) is 5.47. The summed E-state index contributed by atoms with van der Waals surface area (Å²) in [5, 5.41) is 9.47. The number of phenolic OH excluding ortho intramolecular Hbond substituents is 1. The number of Topliss-reactive ketones (excluding diaryl/α,β-unsaturated/α-hetero) is 1. The zero-order valence-corrected chi connectivity index (χ0v) is 12.4. The minimum absolute atomic E-state index is 0.0589. The molecular weight excluding hydrogens is 321 g/mol. The van der Waals surface area contributed by atoms with Crippen molar-refractivity contribution >= 4 is 5.78 Å². The Kier molecular flexibility index (Phi) is 3.83. The Morgan fingerprint density at radius 1 is 1.21 bits per heavy atom. The van der Waals surface area contributed by atoms with E-state index in [0.717, 1.165) is 12.1 Å². The van der Waals surface area contributed by atoms with Gasteiger partial charge in [-0.05, 0) is 23.8 Å². The fourth-order valence-corrected chi connectivity index (χ4v) is 2.75. The quantitative estimate of drug-likeness (QED) is 0.850. The number of carbonyl (C=O) groups is 1. The summed E-state index contributed by atoms with van der Waals surface area (Å²) in [7, 11) is 0. The highest BCUT2D eigenvalue weighted by Crippen LogP contribution is 2.39. The molecule has 0 aromatic heterocycles. The second kappa shape index (κ2) is 5.70. The van der Waals surface area contributed by atoms with Crippen LogP contribution in [-0.2, 0) is 6.18 Å². The molecule has 1 N–H and O–H groups in total. The number of halogens is 3. The van der Waals surface area contributed by atoms with Gasteiger partial charge in [0.05, 0.1) is 11.1 Å². The van der Waals surface area contributed by atoms with Crippen LogP contribution in [0.15, 0.2) is 55.1 Å². The number of rotatable bonds is 3. The van der Waals surface area contributed by atoms with E-state index in [1.165, 1.54) is 36.4 Å². The van der Waals surface area contributed by atoms with E-state index in [9.17, 15) is 23.1 Å². The molecule has 1 aliphatic rings. The average Bonchev–Trinajstić information content (AvgIpc) is 2.84. The Morgan fingerprint density at radius 2 is 1.96 bits per heavy atom. The molecule has 2 atom stereocenters. The minimum atomic E-state index is -4.48. The summed E-state index contributed by atoms with van der Waals surface area (Å²) in [5.41, 5.74) is -0.223. The molecule has 6 heteroatoms. The van der Waals surface area contributed by atoms with E-state index in [2.05, 4.69) is 6.58 Å². The first-order chi connectivity index (χ1) is 11.3. The third kappa shape index (κ3) is 2.75. The number of alkyl halides is 3. The van der Waals surface area contributed by atoms with Crippen LogP contribution in [-0.4, -0.2) is 17.0 Å². The number of hydrogen-bond donors (Lipinski definition) is 1. The van der Waals surface area contributed by atoms with E-state index in [-0.39, 0.29) is 28.4 Å². The fraction of sp³-hybridized carbons (Fsp3) is 0.167. The van der Waals surface area contributed by atoms with Crippen molar-refractivity contribution in [2.75, 3.05) is 0 Å². The van der Waals surface area contributed by atoms with E-state index in [0.29, 0.717) is 0 Å². The van der Waals surface area contributed by atoms with Crippen LogP contribution in [0.3, 0.4) is 0 Å². The highest BCUT2D eigenvalue weighted by molar-refractivity contribution is 6.05. The highest BCUT2D eigenvalue weighted by atomic mass is 19.4. The summed E-state index contributed by atoms with van der Waals surface area (Å²) < 4.78 is 44.3. The Hall–Kier alpha value is -2.76. The summed E-state index contributed by atoms with van der Waals surface area (Å²) in [5.74, 6) is -0.943. The molecule has 2 unspecified atom stereocenters. The van der Waals surface area contributed by atoms with Gasteiger partial charge in [-0.2, -0.15) is 13.2 Å². The van der Waals surface area contributed by atoms with Gasteiger partial charge in [0.25, 0.3) is 0 Å². The average molecular weight is 334 g/mol. The van der Waals surface area contributed by atoms with Gasteiger partial charge in [-0.25, -0.2) is 0 Å². The lowest BCUT2D eigenvalue weighted by Crippen LogP contribution is -2.28. The number of ketones is 1. The van der Waals surface area contributed by atoms with Crippen molar-refractivity contribution in [3.05, 3.63) is 71.8 Å². The monoisotopic (exact) mass is 334 g/mol. The number of fused-ring (bicyclic) bond motifs is 1. The maximum absolute atomic E-state index is 12.9. The highest BCUT2D eigenvalue weighted by Gasteiger charge is 2.39. The number of benzene rings is 2. The topological polar surface area (TPSA) is 46.5 Å². The van der Waals surface area contributed by atoms with Crippen molar-refractivity contribution in [2.45, 2.75) is 18.2 Å². The molecule has 24 heavy (non-hydrogen) atoms. The van der Waals surface area contributed by atoms with Gasteiger partial charge in [0.15, 0.2) is 6.10 Å². The third-order valence-electron chi connectivity index (χ3n) is 3.92.